The van der Waals surface area contributed by atoms with Gasteiger partial charge in [0.1, 0.15) is 10.7 Å². The summed E-state index contributed by atoms with van der Waals surface area (Å²) in [4.78, 5) is 11.8. The molecule has 0 unspecified atom stereocenters. The van der Waals surface area contributed by atoms with Crippen LogP contribution in [0.15, 0.2) is 52.3 Å². The number of amides is 1. The van der Waals surface area contributed by atoms with Crippen molar-refractivity contribution in [2.24, 2.45) is 0 Å². The number of rotatable bonds is 6. The van der Waals surface area contributed by atoms with Crippen LogP contribution in [0.1, 0.15) is 12.5 Å². The Morgan fingerprint density at radius 1 is 1.08 bits per heavy atom. The summed E-state index contributed by atoms with van der Waals surface area (Å²) in [7, 11) is -7.07. The van der Waals surface area contributed by atoms with Gasteiger partial charge in [-0.05, 0) is 35.9 Å². The lowest BCUT2D eigenvalue weighted by atomic mass is 10.1. The molecule has 0 aliphatic carbocycles. The lowest BCUT2D eigenvalue weighted by molar-refractivity contribution is -0.115. The van der Waals surface area contributed by atoms with Gasteiger partial charge in [0.05, 0.1) is 17.1 Å². The molecular weight excluding hydrogens is 381 g/mol. The van der Waals surface area contributed by atoms with Gasteiger partial charge in [0.2, 0.25) is 5.91 Å². The molecule has 140 valence electrons. The number of hydrogen-bond donors (Lipinski definition) is 1. The van der Waals surface area contributed by atoms with Crippen LogP contribution in [0, 0.1) is 5.82 Å². The van der Waals surface area contributed by atoms with Crippen molar-refractivity contribution in [1.29, 1.82) is 0 Å². The third kappa shape index (κ3) is 4.89. The Morgan fingerprint density at radius 3 is 2.35 bits per heavy atom. The normalized spacial score (nSPS) is 12.0. The molecule has 2 aromatic carbocycles. The Bertz CT molecular complexity index is 1050. The molecular formula is C17H18FNO5S2. The molecule has 0 heterocycles. The van der Waals surface area contributed by atoms with Crippen LogP contribution in [0.2, 0.25) is 0 Å². The van der Waals surface area contributed by atoms with Crippen molar-refractivity contribution >= 4 is 31.3 Å². The Kier molecular flexibility index (Phi) is 5.82. The van der Waals surface area contributed by atoms with Gasteiger partial charge in [-0.15, -0.1) is 0 Å². The van der Waals surface area contributed by atoms with Gasteiger partial charge in [0.25, 0.3) is 0 Å². The average molecular weight is 399 g/mol. The first-order chi connectivity index (χ1) is 12.0. The van der Waals surface area contributed by atoms with E-state index in [-0.39, 0.29) is 22.8 Å². The van der Waals surface area contributed by atoms with Crippen LogP contribution < -0.4 is 5.32 Å². The van der Waals surface area contributed by atoms with Crippen LogP contribution in [-0.2, 0) is 30.9 Å². The highest BCUT2D eigenvalue weighted by molar-refractivity contribution is 7.91. The van der Waals surface area contributed by atoms with E-state index >= 15 is 0 Å². The lowest BCUT2D eigenvalue weighted by Gasteiger charge is -2.08. The van der Waals surface area contributed by atoms with Crippen molar-refractivity contribution in [3.63, 3.8) is 0 Å². The largest absolute Gasteiger partial charge is 0.326 e. The van der Waals surface area contributed by atoms with E-state index in [4.69, 9.17) is 0 Å². The molecule has 0 fully saturated rings. The molecule has 1 amide bonds. The molecule has 0 spiro atoms. The van der Waals surface area contributed by atoms with Crippen LogP contribution in [0.4, 0.5) is 10.1 Å². The van der Waals surface area contributed by atoms with E-state index in [0.717, 1.165) is 18.4 Å². The maximum absolute atomic E-state index is 13.8. The number of sulfone groups is 2. The highest BCUT2D eigenvalue weighted by Crippen LogP contribution is 2.19. The smallest absolute Gasteiger partial charge is 0.228 e. The molecule has 0 saturated carbocycles. The van der Waals surface area contributed by atoms with Crippen LogP contribution >= 0.6 is 0 Å². The van der Waals surface area contributed by atoms with E-state index in [2.05, 4.69) is 5.32 Å². The summed E-state index contributed by atoms with van der Waals surface area (Å²) in [5.74, 6) is -1.49. The highest BCUT2D eigenvalue weighted by Gasteiger charge is 2.15. The number of anilines is 1. The summed E-state index contributed by atoms with van der Waals surface area (Å²) >= 11 is 0. The summed E-state index contributed by atoms with van der Waals surface area (Å²) in [6, 6.07) is 9.33. The average Bonchev–Trinajstić information content (AvgIpc) is 2.53. The number of carbonyl (C=O) groups excluding carboxylic acids is 1. The molecule has 1 N–H and O–H groups in total. The highest BCUT2D eigenvalue weighted by atomic mass is 32.2. The quantitative estimate of drug-likeness (QED) is 0.803. The summed E-state index contributed by atoms with van der Waals surface area (Å²) in [5, 5.41) is 2.46. The molecule has 0 aliphatic heterocycles. The van der Waals surface area contributed by atoms with Crippen LogP contribution in [-0.4, -0.2) is 34.8 Å². The van der Waals surface area contributed by atoms with Gasteiger partial charge in [-0.2, -0.15) is 0 Å². The Hall–Kier alpha value is -2.26. The number of nitrogens with one attached hydrogen (secondary N) is 1. The van der Waals surface area contributed by atoms with Crippen molar-refractivity contribution in [1.82, 2.24) is 0 Å². The molecule has 0 atom stereocenters. The molecule has 0 radical (unpaired) electrons. The summed E-state index contributed by atoms with van der Waals surface area (Å²) in [6.07, 6.45) is 0.781. The first kappa shape index (κ1) is 20.1. The fourth-order valence-corrected chi connectivity index (χ4v) is 3.96. The maximum atomic E-state index is 13.8. The maximum Gasteiger partial charge on any atom is 0.228 e. The van der Waals surface area contributed by atoms with Gasteiger partial charge in [0.15, 0.2) is 19.7 Å². The fourth-order valence-electron chi connectivity index (χ4n) is 2.29. The van der Waals surface area contributed by atoms with E-state index in [9.17, 15) is 26.0 Å². The first-order valence-electron chi connectivity index (χ1n) is 7.64. The van der Waals surface area contributed by atoms with Crippen molar-refractivity contribution in [3.05, 3.63) is 53.8 Å². The Morgan fingerprint density at radius 2 is 1.77 bits per heavy atom. The second-order valence-electron chi connectivity index (χ2n) is 5.69. The SMILES string of the molecule is CCS(=O)(=O)c1cccc(CC(=O)Nc2ccc(S(C)(=O)=O)c(F)c2)c1. The predicted molar refractivity (Wildman–Crippen MR) is 96.0 cm³/mol. The summed E-state index contributed by atoms with van der Waals surface area (Å²) in [5.41, 5.74) is 0.600. The molecule has 2 rings (SSSR count). The molecule has 0 bridgehead atoms. The van der Waals surface area contributed by atoms with Gasteiger partial charge in [0, 0.05) is 11.9 Å². The van der Waals surface area contributed by atoms with Gasteiger partial charge in [-0.3, -0.25) is 4.79 Å². The summed E-state index contributed by atoms with van der Waals surface area (Å²) < 4.78 is 60.4. The molecule has 0 saturated heterocycles. The molecule has 9 heteroatoms. The standard InChI is InChI=1S/C17H18FNO5S2/c1-3-26(23,24)14-6-4-5-12(9-14)10-17(20)19-13-7-8-16(15(18)11-13)25(2,21)22/h4-9,11H,3,10H2,1-2H3,(H,19,20). The molecule has 0 aliphatic rings. The summed E-state index contributed by atoms with van der Waals surface area (Å²) in [6.45, 7) is 1.53. The molecule has 0 aromatic heterocycles. The Balaban J connectivity index is 2.15. The number of benzene rings is 2. The zero-order valence-corrected chi connectivity index (χ0v) is 15.8. The second-order valence-corrected chi connectivity index (χ2v) is 9.96. The first-order valence-corrected chi connectivity index (χ1v) is 11.2. The van der Waals surface area contributed by atoms with Crippen molar-refractivity contribution in [2.75, 3.05) is 17.3 Å². The van der Waals surface area contributed by atoms with Crippen molar-refractivity contribution in [2.45, 2.75) is 23.1 Å². The van der Waals surface area contributed by atoms with E-state index < -0.39 is 36.3 Å². The number of halogens is 1. The van der Waals surface area contributed by atoms with Crippen molar-refractivity contribution in [3.8, 4) is 0 Å². The molecule has 2 aromatic rings. The van der Waals surface area contributed by atoms with Gasteiger partial charge in [-0.25, -0.2) is 21.2 Å². The van der Waals surface area contributed by atoms with E-state index in [0.29, 0.717) is 5.56 Å². The topological polar surface area (TPSA) is 97.4 Å². The fraction of sp³-hybridized carbons (Fsp3) is 0.235. The third-order valence-corrected chi connectivity index (χ3v) is 6.48. The monoisotopic (exact) mass is 399 g/mol. The van der Waals surface area contributed by atoms with Gasteiger partial charge < -0.3 is 5.32 Å². The van der Waals surface area contributed by atoms with E-state index in [1.807, 2.05) is 0 Å². The minimum Gasteiger partial charge on any atom is -0.326 e. The third-order valence-electron chi connectivity index (χ3n) is 3.62. The van der Waals surface area contributed by atoms with E-state index in [1.165, 1.54) is 25.1 Å². The zero-order valence-electron chi connectivity index (χ0n) is 14.2. The lowest BCUT2D eigenvalue weighted by Crippen LogP contribution is -2.15. The number of hydrogen-bond acceptors (Lipinski definition) is 5. The van der Waals surface area contributed by atoms with E-state index in [1.54, 1.807) is 12.1 Å². The minimum atomic E-state index is -3.69. The molecule has 6 nitrogen and oxygen atoms in total. The Labute approximate surface area is 151 Å². The zero-order chi connectivity index (χ0) is 19.5. The number of carbonyl (C=O) groups is 1. The molecule has 26 heavy (non-hydrogen) atoms. The van der Waals surface area contributed by atoms with Crippen LogP contribution in [0.25, 0.3) is 0 Å². The van der Waals surface area contributed by atoms with Gasteiger partial charge in [-0.1, -0.05) is 19.1 Å². The van der Waals surface area contributed by atoms with Gasteiger partial charge >= 0.3 is 0 Å². The predicted octanol–water partition coefficient (Wildman–Crippen LogP) is 2.20. The minimum absolute atomic E-state index is 0.0470. The van der Waals surface area contributed by atoms with Crippen LogP contribution in [0.5, 0.6) is 0 Å². The van der Waals surface area contributed by atoms with Crippen molar-refractivity contribution < 1.29 is 26.0 Å². The second kappa shape index (κ2) is 7.55. The van der Waals surface area contributed by atoms with Crippen LogP contribution in [0.3, 0.4) is 0 Å².